The van der Waals surface area contributed by atoms with Crippen LogP contribution in [0.3, 0.4) is 0 Å². The molecule has 3 aromatic rings. The fraction of sp³-hybridized carbons (Fsp3) is 0.154. The van der Waals surface area contributed by atoms with Crippen molar-refractivity contribution in [3.8, 4) is 11.4 Å². The fourth-order valence-corrected chi connectivity index (χ4v) is 2.27. The van der Waals surface area contributed by atoms with Crippen molar-refractivity contribution in [1.82, 2.24) is 19.1 Å². The Morgan fingerprint density at radius 2 is 1.96 bits per heavy atom. The molecule has 0 unspecified atom stereocenters. The van der Waals surface area contributed by atoms with E-state index in [0.717, 1.165) is 16.7 Å². The van der Waals surface area contributed by atoms with Gasteiger partial charge in [-0.15, -0.1) is 0 Å². The summed E-state index contributed by atoms with van der Waals surface area (Å²) in [6.45, 7) is 0. The molecule has 3 rings (SSSR count). The zero-order chi connectivity index (χ0) is 16.9. The maximum Gasteiger partial charge on any atom is 0.332 e. The Balaban J connectivity index is 2.27. The zero-order valence-corrected chi connectivity index (χ0v) is 12.0. The van der Waals surface area contributed by atoms with E-state index in [2.05, 4.69) is 9.97 Å². The van der Waals surface area contributed by atoms with Crippen LogP contribution in [0.25, 0.3) is 22.6 Å². The van der Waals surface area contributed by atoms with Gasteiger partial charge in [0.1, 0.15) is 11.3 Å². The van der Waals surface area contributed by atoms with Crippen LogP contribution in [0.1, 0.15) is 0 Å². The molecule has 9 nitrogen and oxygen atoms in total. The van der Waals surface area contributed by atoms with Crippen LogP contribution in [0.4, 0.5) is 10.1 Å². The second-order valence-corrected chi connectivity index (χ2v) is 4.91. The van der Waals surface area contributed by atoms with Crippen molar-refractivity contribution in [2.24, 2.45) is 14.1 Å². The molecule has 0 spiro atoms. The number of nitrogens with one attached hydrogen (secondary N) is 1. The minimum absolute atomic E-state index is 0.0864. The zero-order valence-electron chi connectivity index (χ0n) is 12.0. The third-order valence-corrected chi connectivity index (χ3v) is 3.51. The van der Waals surface area contributed by atoms with Gasteiger partial charge < -0.3 is 4.98 Å². The van der Waals surface area contributed by atoms with Crippen LogP contribution in [-0.2, 0) is 14.1 Å². The van der Waals surface area contributed by atoms with Gasteiger partial charge in [0.05, 0.1) is 4.92 Å². The highest BCUT2D eigenvalue weighted by Crippen LogP contribution is 2.24. The third-order valence-electron chi connectivity index (χ3n) is 3.51. The van der Waals surface area contributed by atoms with Gasteiger partial charge in [0.25, 0.3) is 5.56 Å². The van der Waals surface area contributed by atoms with Gasteiger partial charge in [0, 0.05) is 25.7 Å². The molecule has 0 saturated heterocycles. The van der Waals surface area contributed by atoms with Gasteiger partial charge in [0.2, 0.25) is 5.82 Å². The molecular weight excluding hydrogens is 309 g/mol. The van der Waals surface area contributed by atoms with E-state index in [1.807, 2.05) is 0 Å². The first kappa shape index (κ1) is 14.6. The lowest BCUT2D eigenvalue weighted by Crippen LogP contribution is -2.36. The molecule has 0 aliphatic carbocycles. The summed E-state index contributed by atoms with van der Waals surface area (Å²) >= 11 is 0. The van der Waals surface area contributed by atoms with Gasteiger partial charge >= 0.3 is 11.4 Å². The number of hydrogen-bond donors (Lipinski definition) is 1. The molecule has 1 aromatic carbocycles. The van der Waals surface area contributed by atoms with Crippen LogP contribution < -0.4 is 11.2 Å². The molecule has 118 valence electrons. The molecule has 0 fully saturated rings. The Bertz CT molecular complexity index is 1080. The summed E-state index contributed by atoms with van der Waals surface area (Å²) in [6.07, 6.45) is 0. The molecule has 2 aromatic heterocycles. The van der Waals surface area contributed by atoms with E-state index in [9.17, 15) is 24.1 Å². The molecule has 0 bridgehead atoms. The van der Waals surface area contributed by atoms with E-state index in [4.69, 9.17) is 0 Å². The first-order chi connectivity index (χ1) is 10.8. The van der Waals surface area contributed by atoms with Crippen LogP contribution in [0, 0.1) is 15.9 Å². The van der Waals surface area contributed by atoms with Crippen molar-refractivity contribution >= 4 is 16.9 Å². The summed E-state index contributed by atoms with van der Waals surface area (Å²) in [5.74, 6) is -0.887. The molecule has 23 heavy (non-hydrogen) atoms. The standard InChI is InChI=1S/C13H10FN5O4/c1-17-11-9(12(20)18(2)13(17)21)15-10(16-11)6-3-4-8(19(22)23)7(14)5-6/h3-5H,1-2H3,(H,15,16). The lowest BCUT2D eigenvalue weighted by atomic mass is 10.2. The number of nitro groups is 1. The smallest absolute Gasteiger partial charge is 0.332 e. The van der Waals surface area contributed by atoms with E-state index in [0.29, 0.717) is 0 Å². The summed E-state index contributed by atoms with van der Waals surface area (Å²) in [5.41, 5.74) is -1.35. The largest absolute Gasteiger partial charge is 0.332 e. The molecule has 0 aliphatic heterocycles. The lowest BCUT2D eigenvalue weighted by Gasteiger charge is -2.00. The Hall–Kier alpha value is -3.30. The quantitative estimate of drug-likeness (QED) is 0.550. The van der Waals surface area contributed by atoms with Gasteiger partial charge in [0.15, 0.2) is 5.65 Å². The number of aryl methyl sites for hydroxylation is 1. The number of nitro benzene ring substituents is 1. The van der Waals surface area contributed by atoms with Gasteiger partial charge in [-0.2, -0.15) is 4.39 Å². The molecule has 2 heterocycles. The minimum atomic E-state index is -1.02. The van der Waals surface area contributed by atoms with E-state index >= 15 is 0 Å². The number of aromatic amines is 1. The van der Waals surface area contributed by atoms with Crippen LogP contribution in [0.5, 0.6) is 0 Å². The predicted molar refractivity (Wildman–Crippen MR) is 78.6 cm³/mol. The number of fused-ring (bicyclic) bond motifs is 1. The van der Waals surface area contributed by atoms with E-state index in [1.165, 1.54) is 24.7 Å². The van der Waals surface area contributed by atoms with Gasteiger partial charge in [-0.3, -0.25) is 24.0 Å². The van der Waals surface area contributed by atoms with E-state index in [1.54, 1.807) is 0 Å². The second kappa shape index (κ2) is 4.87. The molecule has 0 aliphatic rings. The molecule has 0 atom stereocenters. The predicted octanol–water partition coefficient (Wildman–Crippen LogP) is 0.675. The molecule has 10 heteroatoms. The lowest BCUT2D eigenvalue weighted by molar-refractivity contribution is -0.387. The topological polar surface area (TPSA) is 116 Å². The van der Waals surface area contributed by atoms with Crippen LogP contribution in [-0.4, -0.2) is 24.0 Å². The van der Waals surface area contributed by atoms with E-state index in [-0.39, 0.29) is 22.6 Å². The highest BCUT2D eigenvalue weighted by molar-refractivity contribution is 5.75. The summed E-state index contributed by atoms with van der Waals surface area (Å²) in [4.78, 5) is 40.6. The highest BCUT2D eigenvalue weighted by atomic mass is 19.1. The van der Waals surface area contributed by atoms with Gasteiger partial charge in [-0.1, -0.05) is 0 Å². The van der Waals surface area contributed by atoms with Crippen molar-refractivity contribution in [3.05, 3.63) is 55.0 Å². The Morgan fingerprint density at radius 3 is 2.57 bits per heavy atom. The van der Waals surface area contributed by atoms with Crippen molar-refractivity contribution in [3.63, 3.8) is 0 Å². The Labute approximate surface area is 126 Å². The Kier molecular flexibility index (Phi) is 3.09. The first-order valence-electron chi connectivity index (χ1n) is 6.41. The average Bonchev–Trinajstić information content (AvgIpc) is 2.96. The highest BCUT2D eigenvalue weighted by Gasteiger charge is 2.18. The number of imidazole rings is 1. The molecular formula is C13H10FN5O4. The number of aromatic nitrogens is 4. The minimum Gasteiger partial charge on any atom is -0.332 e. The van der Waals surface area contributed by atoms with Gasteiger partial charge in [-0.25, -0.2) is 9.78 Å². The summed E-state index contributed by atoms with van der Waals surface area (Å²) in [7, 11) is 2.78. The summed E-state index contributed by atoms with van der Waals surface area (Å²) in [5, 5.41) is 10.6. The maximum atomic E-state index is 13.7. The number of rotatable bonds is 2. The van der Waals surface area contributed by atoms with Gasteiger partial charge in [-0.05, 0) is 12.1 Å². The number of halogens is 1. The maximum absolute atomic E-state index is 13.7. The third kappa shape index (κ3) is 2.11. The van der Waals surface area contributed by atoms with Crippen molar-refractivity contribution in [2.75, 3.05) is 0 Å². The molecule has 0 radical (unpaired) electrons. The number of H-pyrrole nitrogens is 1. The number of hydrogen-bond acceptors (Lipinski definition) is 5. The van der Waals surface area contributed by atoms with E-state index < -0.39 is 27.7 Å². The Morgan fingerprint density at radius 1 is 1.26 bits per heavy atom. The number of nitrogens with zero attached hydrogens (tertiary/aromatic N) is 4. The van der Waals surface area contributed by atoms with Crippen LogP contribution in [0.15, 0.2) is 27.8 Å². The second-order valence-electron chi connectivity index (χ2n) is 4.91. The summed E-state index contributed by atoms with van der Waals surface area (Å²) in [6, 6.07) is 3.26. The first-order valence-corrected chi connectivity index (χ1v) is 6.41. The number of benzene rings is 1. The van der Waals surface area contributed by atoms with Crippen LogP contribution >= 0.6 is 0 Å². The normalized spacial score (nSPS) is 11.1. The molecule has 1 N–H and O–H groups in total. The van der Waals surface area contributed by atoms with Crippen molar-refractivity contribution < 1.29 is 9.31 Å². The monoisotopic (exact) mass is 319 g/mol. The SMILES string of the molecule is Cn1c(=O)c2[nH]c(-c3ccc([N+](=O)[O-])c(F)c3)nc2n(C)c1=O. The molecule has 0 saturated carbocycles. The fourth-order valence-electron chi connectivity index (χ4n) is 2.27. The van der Waals surface area contributed by atoms with Crippen LogP contribution in [0.2, 0.25) is 0 Å². The average molecular weight is 319 g/mol. The van der Waals surface area contributed by atoms with Crippen molar-refractivity contribution in [2.45, 2.75) is 0 Å². The summed E-state index contributed by atoms with van der Waals surface area (Å²) < 4.78 is 15.8. The van der Waals surface area contributed by atoms with Crippen molar-refractivity contribution in [1.29, 1.82) is 0 Å². The molecule has 0 amide bonds.